The van der Waals surface area contributed by atoms with Crippen molar-refractivity contribution in [3.05, 3.63) is 18.0 Å². The predicted octanol–water partition coefficient (Wildman–Crippen LogP) is 2.78. The first-order valence-electron chi connectivity index (χ1n) is 7.42. The van der Waals surface area contributed by atoms with Crippen LogP contribution in [0.2, 0.25) is 0 Å². The van der Waals surface area contributed by atoms with Gasteiger partial charge < -0.3 is 15.6 Å². The smallest absolute Gasteiger partial charge is 0.270 e. The van der Waals surface area contributed by atoms with E-state index in [0.717, 1.165) is 13.1 Å². The van der Waals surface area contributed by atoms with Gasteiger partial charge in [-0.15, -0.1) is 0 Å². The summed E-state index contributed by atoms with van der Waals surface area (Å²) >= 11 is 0. The Morgan fingerprint density at radius 3 is 2.42 bits per heavy atom. The van der Waals surface area contributed by atoms with Crippen molar-refractivity contribution in [2.24, 2.45) is 5.41 Å². The third kappa shape index (κ3) is 2.48. The summed E-state index contributed by atoms with van der Waals surface area (Å²) in [5, 5.41) is 0. The zero-order valence-corrected chi connectivity index (χ0v) is 11.5. The predicted molar refractivity (Wildman–Crippen MR) is 75.9 cm³/mol. The van der Waals surface area contributed by atoms with Crippen LogP contribution in [0.1, 0.15) is 55.4 Å². The molecule has 2 fully saturated rings. The molecule has 1 aromatic rings. The maximum atomic E-state index is 12.3. The topological polar surface area (TPSA) is 62.1 Å². The number of amides is 1. The number of carbonyl (C=O) groups is 1. The first-order valence-corrected chi connectivity index (χ1v) is 7.42. The van der Waals surface area contributed by atoms with Crippen molar-refractivity contribution >= 4 is 11.6 Å². The number of anilines is 1. The van der Waals surface area contributed by atoms with E-state index in [4.69, 9.17) is 5.73 Å². The average Bonchev–Trinajstić information content (AvgIpc) is 2.87. The number of piperidine rings is 1. The van der Waals surface area contributed by atoms with Crippen molar-refractivity contribution in [2.75, 3.05) is 18.8 Å². The molecule has 4 heteroatoms. The van der Waals surface area contributed by atoms with Gasteiger partial charge in [0.15, 0.2) is 0 Å². The van der Waals surface area contributed by atoms with Crippen LogP contribution in [0.3, 0.4) is 0 Å². The quantitative estimate of drug-likeness (QED) is 0.816. The lowest BCUT2D eigenvalue weighted by atomic mass is 9.68. The van der Waals surface area contributed by atoms with Gasteiger partial charge in [-0.1, -0.05) is 19.3 Å². The summed E-state index contributed by atoms with van der Waals surface area (Å²) in [5.41, 5.74) is 7.45. The molecular formula is C15H23N3O. The van der Waals surface area contributed by atoms with E-state index in [2.05, 4.69) is 4.98 Å². The van der Waals surface area contributed by atoms with Gasteiger partial charge in [-0.05, 0) is 37.2 Å². The number of hydrogen-bond donors (Lipinski definition) is 2. The van der Waals surface area contributed by atoms with Crippen molar-refractivity contribution in [1.29, 1.82) is 0 Å². The van der Waals surface area contributed by atoms with E-state index in [-0.39, 0.29) is 5.91 Å². The van der Waals surface area contributed by atoms with Gasteiger partial charge in [0, 0.05) is 25.0 Å². The number of nitrogens with one attached hydrogen (secondary N) is 1. The fraction of sp³-hybridized carbons (Fsp3) is 0.667. The Morgan fingerprint density at radius 2 is 1.84 bits per heavy atom. The van der Waals surface area contributed by atoms with Crippen LogP contribution >= 0.6 is 0 Å². The maximum absolute atomic E-state index is 12.3. The molecule has 1 aromatic heterocycles. The minimum atomic E-state index is 0.0994. The highest BCUT2D eigenvalue weighted by atomic mass is 16.2. The zero-order valence-electron chi connectivity index (χ0n) is 11.5. The van der Waals surface area contributed by atoms with Crippen LogP contribution in [0.5, 0.6) is 0 Å². The maximum Gasteiger partial charge on any atom is 0.270 e. The van der Waals surface area contributed by atoms with Crippen LogP contribution in [-0.4, -0.2) is 28.9 Å². The van der Waals surface area contributed by atoms with Crippen LogP contribution in [0, 0.1) is 5.41 Å². The summed E-state index contributed by atoms with van der Waals surface area (Å²) in [4.78, 5) is 17.3. The number of likely N-dealkylation sites (tertiary alicyclic amines) is 1. The first-order chi connectivity index (χ1) is 9.19. The summed E-state index contributed by atoms with van der Waals surface area (Å²) in [6, 6.07) is 1.73. The normalized spacial score (nSPS) is 22.6. The fourth-order valence-corrected chi connectivity index (χ4v) is 3.69. The van der Waals surface area contributed by atoms with Crippen molar-refractivity contribution in [3.63, 3.8) is 0 Å². The Morgan fingerprint density at radius 1 is 1.16 bits per heavy atom. The van der Waals surface area contributed by atoms with Crippen molar-refractivity contribution in [2.45, 2.75) is 44.9 Å². The molecule has 1 aliphatic heterocycles. The van der Waals surface area contributed by atoms with Crippen molar-refractivity contribution in [3.8, 4) is 0 Å². The Hall–Kier alpha value is -1.45. The Balaban J connectivity index is 1.62. The standard InChI is InChI=1S/C15H23N3O/c16-12-10-13(17-11-12)14(19)18-8-6-15(7-9-18)4-2-1-3-5-15/h10-11,17H,1-9,16H2. The summed E-state index contributed by atoms with van der Waals surface area (Å²) < 4.78 is 0. The lowest BCUT2D eigenvalue weighted by molar-refractivity contribution is 0.0468. The SMILES string of the molecule is Nc1c[nH]c(C(=O)N2CCC3(CCCCC3)CC2)c1. The number of hydrogen-bond acceptors (Lipinski definition) is 2. The van der Waals surface area contributed by atoms with E-state index < -0.39 is 0 Å². The first kappa shape index (κ1) is 12.6. The zero-order chi connectivity index (χ0) is 13.3. The number of H-pyrrole nitrogens is 1. The minimum absolute atomic E-state index is 0.0994. The Kier molecular flexibility index (Phi) is 3.25. The van der Waals surface area contributed by atoms with Crippen LogP contribution in [0.4, 0.5) is 5.69 Å². The van der Waals surface area contributed by atoms with E-state index in [1.54, 1.807) is 12.3 Å². The average molecular weight is 261 g/mol. The molecule has 1 saturated carbocycles. The third-order valence-electron chi connectivity index (χ3n) is 4.96. The second kappa shape index (κ2) is 4.91. The highest BCUT2D eigenvalue weighted by molar-refractivity contribution is 5.93. The molecule has 1 amide bonds. The van der Waals surface area contributed by atoms with Gasteiger partial charge in [-0.25, -0.2) is 0 Å². The van der Waals surface area contributed by atoms with Crippen LogP contribution in [0.25, 0.3) is 0 Å². The van der Waals surface area contributed by atoms with Gasteiger partial charge in [-0.3, -0.25) is 4.79 Å². The molecule has 104 valence electrons. The van der Waals surface area contributed by atoms with Gasteiger partial charge in [0.05, 0.1) is 0 Å². The molecule has 0 unspecified atom stereocenters. The van der Waals surface area contributed by atoms with Gasteiger partial charge >= 0.3 is 0 Å². The van der Waals surface area contributed by atoms with Crippen LogP contribution < -0.4 is 5.73 Å². The van der Waals surface area contributed by atoms with Gasteiger partial charge in [0.1, 0.15) is 5.69 Å². The Labute approximate surface area is 114 Å². The molecule has 1 spiro atoms. The second-order valence-corrected chi connectivity index (χ2v) is 6.20. The highest BCUT2D eigenvalue weighted by Gasteiger charge is 2.36. The van der Waals surface area contributed by atoms with E-state index in [0.29, 0.717) is 16.8 Å². The fourth-order valence-electron chi connectivity index (χ4n) is 3.69. The molecule has 3 rings (SSSR count). The molecule has 2 aliphatic rings. The molecule has 0 atom stereocenters. The molecule has 0 aromatic carbocycles. The molecule has 0 radical (unpaired) electrons. The Bertz CT molecular complexity index is 450. The van der Waals surface area contributed by atoms with Crippen molar-refractivity contribution in [1.82, 2.24) is 9.88 Å². The van der Waals surface area contributed by atoms with Gasteiger partial charge in [-0.2, -0.15) is 0 Å². The monoisotopic (exact) mass is 261 g/mol. The summed E-state index contributed by atoms with van der Waals surface area (Å²) in [6.07, 6.45) is 10.9. The van der Waals surface area contributed by atoms with Crippen LogP contribution in [0.15, 0.2) is 12.3 Å². The number of nitrogens with two attached hydrogens (primary N) is 1. The third-order valence-corrected chi connectivity index (χ3v) is 4.96. The number of rotatable bonds is 1. The lowest BCUT2D eigenvalue weighted by Gasteiger charge is -2.44. The van der Waals surface area contributed by atoms with E-state index >= 15 is 0 Å². The minimum Gasteiger partial charge on any atom is -0.397 e. The second-order valence-electron chi connectivity index (χ2n) is 6.20. The number of nitrogens with zero attached hydrogens (tertiary/aromatic N) is 1. The van der Waals surface area contributed by atoms with Crippen LogP contribution in [-0.2, 0) is 0 Å². The molecule has 1 aliphatic carbocycles. The number of carbonyl (C=O) groups excluding carboxylic acids is 1. The molecule has 1 saturated heterocycles. The highest BCUT2D eigenvalue weighted by Crippen LogP contribution is 2.44. The van der Waals surface area contributed by atoms with Crippen molar-refractivity contribution < 1.29 is 4.79 Å². The summed E-state index contributed by atoms with van der Waals surface area (Å²) in [6.45, 7) is 1.80. The molecule has 0 bridgehead atoms. The number of nitrogen functional groups attached to an aromatic ring is 1. The number of aromatic amines is 1. The molecular weight excluding hydrogens is 238 g/mol. The largest absolute Gasteiger partial charge is 0.397 e. The molecule has 4 nitrogen and oxygen atoms in total. The molecule has 2 heterocycles. The molecule has 19 heavy (non-hydrogen) atoms. The van der Waals surface area contributed by atoms with Gasteiger partial charge in [0.2, 0.25) is 0 Å². The lowest BCUT2D eigenvalue weighted by Crippen LogP contribution is -2.44. The van der Waals surface area contributed by atoms with E-state index in [9.17, 15) is 4.79 Å². The summed E-state index contributed by atoms with van der Waals surface area (Å²) in [7, 11) is 0. The van der Waals surface area contributed by atoms with E-state index in [1.807, 2.05) is 4.90 Å². The van der Waals surface area contributed by atoms with Gasteiger partial charge in [0.25, 0.3) is 5.91 Å². The molecule has 3 N–H and O–H groups in total. The van der Waals surface area contributed by atoms with E-state index in [1.165, 1.54) is 44.9 Å². The summed E-state index contributed by atoms with van der Waals surface area (Å²) in [5.74, 6) is 0.0994. The number of aromatic nitrogens is 1.